The molecule has 0 saturated heterocycles. The number of nitrogens with two attached hydrogens (primary N) is 2. The molecule has 0 aliphatic heterocycles. The molecule has 4 N–H and O–H groups in total. The average Bonchev–Trinajstić information content (AvgIpc) is 2.92. The minimum atomic E-state index is -0.497. The Morgan fingerprint density at radius 1 is 1.00 bits per heavy atom. The zero-order chi connectivity index (χ0) is 26.6. The monoisotopic (exact) mass is 513 g/mol. The van der Waals surface area contributed by atoms with Crippen LogP contribution in [0.1, 0.15) is 34.1 Å². The Labute approximate surface area is 221 Å². The molecule has 1 amide bonds. The number of pyridine rings is 2. The molecule has 0 radical (unpaired) electrons. The summed E-state index contributed by atoms with van der Waals surface area (Å²) in [6.07, 6.45) is 9.32. The highest BCUT2D eigenvalue weighted by Crippen LogP contribution is 2.24. The Morgan fingerprint density at radius 2 is 1.68 bits per heavy atom. The summed E-state index contributed by atoms with van der Waals surface area (Å²) in [4.78, 5) is 24.9. The second-order valence-electron chi connectivity index (χ2n) is 7.95. The molecule has 2 aromatic carbocycles. The number of benzene rings is 2. The van der Waals surface area contributed by atoms with Gasteiger partial charge in [0.05, 0.1) is 16.8 Å². The van der Waals surface area contributed by atoms with Crippen LogP contribution in [-0.4, -0.2) is 41.1 Å². The van der Waals surface area contributed by atoms with Crippen molar-refractivity contribution in [3.8, 4) is 5.75 Å². The summed E-state index contributed by atoms with van der Waals surface area (Å²) in [5, 5.41) is 0.724. The number of nitrogens with zero attached hydrogens (tertiary/aromatic N) is 3. The number of fused-ring (bicyclic) bond motifs is 1. The Balaban J connectivity index is 0.00000121. The third-order valence-electron chi connectivity index (χ3n) is 5.27. The predicted octanol–water partition coefficient (Wildman–Crippen LogP) is 5.20. The Morgan fingerprint density at radius 3 is 2.32 bits per heavy atom. The van der Waals surface area contributed by atoms with Gasteiger partial charge in [-0.3, -0.25) is 14.8 Å². The lowest BCUT2D eigenvalue weighted by Gasteiger charge is -2.11. The third kappa shape index (κ3) is 7.41. The van der Waals surface area contributed by atoms with Crippen LogP contribution in [0, 0.1) is 0 Å². The third-order valence-corrected chi connectivity index (χ3v) is 5.27. The molecule has 4 aromatic rings. The van der Waals surface area contributed by atoms with E-state index in [4.69, 9.17) is 16.2 Å². The number of hydrogen-bond acceptors (Lipinski definition) is 7. The Bertz CT molecular complexity index is 1390. The number of ether oxygens (including phenoxy) is 1. The van der Waals surface area contributed by atoms with E-state index in [0.29, 0.717) is 34.8 Å². The summed E-state index contributed by atoms with van der Waals surface area (Å²) in [6.45, 7) is 2.83. The summed E-state index contributed by atoms with van der Waals surface area (Å²) in [6, 6.07) is 20.4. The van der Waals surface area contributed by atoms with Gasteiger partial charge in [0.1, 0.15) is 12.4 Å². The smallest absolute Gasteiger partial charge is 0.249 e. The molecule has 0 unspecified atom stereocenters. The topological polar surface area (TPSA) is 116 Å². The SMILES string of the molecule is CCN=C/C(=C(\N)c1ccc(OCc2cc(C(N)=O)c3ccccc3n2)cc1)c1ccncc1.CSC. The van der Waals surface area contributed by atoms with E-state index in [0.717, 1.165) is 22.1 Å². The van der Waals surface area contributed by atoms with Crippen molar-refractivity contribution in [3.63, 3.8) is 0 Å². The molecule has 2 heterocycles. The van der Waals surface area contributed by atoms with Gasteiger partial charge in [-0.25, -0.2) is 4.98 Å². The van der Waals surface area contributed by atoms with Crippen molar-refractivity contribution in [3.05, 3.63) is 102 Å². The quantitative estimate of drug-likeness (QED) is 0.313. The zero-order valence-corrected chi connectivity index (χ0v) is 22.0. The van der Waals surface area contributed by atoms with E-state index in [1.165, 1.54) is 0 Å². The van der Waals surface area contributed by atoms with Gasteiger partial charge in [-0.1, -0.05) is 18.2 Å². The fourth-order valence-corrected chi connectivity index (χ4v) is 3.57. The molecular weight excluding hydrogens is 482 g/mol. The molecule has 2 aromatic heterocycles. The van der Waals surface area contributed by atoms with Crippen molar-refractivity contribution >= 4 is 46.1 Å². The van der Waals surface area contributed by atoms with Crippen LogP contribution in [0.4, 0.5) is 0 Å². The number of para-hydroxylation sites is 1. The summed E-state index contributed by atoms with van der Waals surface area (Å²) < 4.78 is 5.91. The highest BCUT2D eigenvalue weighted by Gasteiger charge is 2.11. The molecule has 0 aliphatic rings. The van der Waals surface area contributed by atoms with Gasteiger partial charge < -0.3 is 16.2 Å². The molecule has 0 atom stereocenters. The first kappa shape index (κ1) is 27.4. The van der Waals surface area contributed by atoms with Gasteiger partial charge in [0.25, 0.3) is 0 Å². The highest BCUT2D eigenvalue weighted by molar-refractivity contribution is 7.97. The summed E-state index contributed by atoms with van der Waals surface area (Å²) in [5.74, 6) is 0.155. The Kier molecular flexibility index (Phi) is 10.2. The number of carbonyl (C=O) groups excluding carboxylic acids is 1. The van der Waals surface area contributed by atoms with Crippen LogP contribution >= 0.6 is 11.8 Å². The normalized spacial score (nSPS) is 11.5. The predicted molar refractivity (Wildman–Crippen MR) is 155 cm³/mol. The Hall–Kier alpha value is -4.17. The van der Waals surface area contributed by atoms with Crippen molar-refractivity contribution < 1.29 is 9.53 Å². The molecule has 8 heteroatoms. The van der Waals surface area contributed by atoms with Crippen LogP contribution in [0.3, 0.4) is 0 Å². The first-order chi connectivity index (χ1) is 18.0. The largest absolute Gasteiger partial charge is 0.487 e. The minimum absolute atomic E-state index is 0.196. The van der Waals surface area contributed by atoms with Gasteiger partial charge in [-0.15, -0.1) is 0 Å². The molecule has 4 rings (SSSR count). The number of allylic oxidation sites excluding steroid dienone is 1. The lowest BCUT2D eigenvalue weighted by atomic mass is 10.0. The number of carbonyl (C=O) groups is 1. The van der Waals surface area contributed by atoms with E-state index in [1.54, 1.807) is 36.4 Å². The number of aliphatic imine (C=N–C) groups is 1. The molecule has 0 spiro atoms. The number of primary amides is 1. The van der Waals surface area contributed by atoms with E-state index >= 15 is 0 Å². The van der Waals surface area contributed by atoms with Crippen LogP contribution in [0.25, 0.3) is 22.2 Å². The van der Waals surface area contributed by atoms with Gasteiger partial charge in [0, 0.05) is 41.8 Å². The van der Waals surface area contributed by atoms with Gasteiger partial charge >= 0.3 is 0 Å². The van der Waals surface area contributed by atoms with Crippen molar-refractivity contribution in [2.75, 3.05) is 19.1 Å². The lowest BCUT2D eigenvalue weighted by Crippen LogP contribution is -2.13. The van der Waals surface area contributed by atoms with E-state index in [9.17, 15) is 4.79 Å². The van der Waals surface area contributed by atoms with Crippen molar-refractivity contribution in [1.29, 1.82) is 0 Å². The molecule has 7 nitrogen and oxygen atoms in total. The van der Waals surface area contributed by atoms with E-state index in [-0.39, 0.29) is 6.61 Å². The molecule has 0 fully saturated rings. The van der Waals surface area contributed by atoms with Gasteiger partial charge in [0.2, 0.25) is 5.91 Å². The van der Waals surface area contributed by atoms with E-state index in [1.807, 2.05) is 80.1 Å². The van der Waals surface area contributed by atoms with Crippen molar-refractivity contribution in [2.45, 2.75) is 13.5 Å². The van der Waals surface area contributed by atoms with E-state index in [2.05, 4.69) is 15.0 Å². The summed E-state index contributed by atoms with van der Waals surface area (Å²) in [7, 11) is 0. The summed E-state index contributed by atoms with van der Waals surface area (Å²) >= 11 is 1.75. The second-order valence-corrected chi connectivity index (χ2v) is 8.77. The van der Waals surface area contributed by atoms with Gasteiger partial charge in [-0.2, -0.15) is 11.8 Å². The fraction of sp³-hybridized carbons (Fsp3) is 0.172. The molecule has 190 valence electrons. The maximum Gasteiger partial charge on any atom is 0.249 e. The maximum atomic E-state index is 11.9. The lowest BCUT2D eigenvalue weighted by molar-refractivity contribution is 0.100. The van der Waals surface area contributed by atoms with Gasteiger partial charge in [-0.05, 0) is 79.1 Å². The number of hydrogen-bond donors (Lipinski definition) is 2. The molecular formula is C29H31N5O2S. The highest BCUT2D eigenvalue weighted by atomic mass is 32.2. The minimum Gasteiger partial charge on any atom is -0.487 e. The number of thioether (sulfide) groups is 1. The van der Waals surface area contributed by atoms with Crippen molar-refractivity contribution in [1.82, 2.24) is 9.97 Å². The second kappa shape index (κ2) is 13.8. The van der Waals surface area contributed by atoms with Crippen LogP contribution in [0.2, 0.25) is 0 Å². The van der Waals surface area contributed by atoms with Crippen molar-refractivity contribution in [2.24, 2.45) is 16.5 Å². The number of amides is 1. The first-order valence-corrected chi connectivity index (χ1v) is 13.3. The van der Waals surface area contributed by atoms with Crippen LogP contribution in [0.15, 0.2) is 84.1 Å². The average molecular weight is 514 g/mol. The molecule has 0 saturated carbocycles. The molecule has 37 heavy (non-hydrogen) atoms. The number of rotatable bonds is 8. The van der Waals surface area contributed by atoms with Crippen LogP contribution < -0.4 is 16.2 Å². The zero-order valence-electron chi connectivity index (χ0n) is 21.2. The van der Waals surface area contributed by atoms with E-state index < -0.39 is 5.91 Å². The molecule has 0 bridgehead atoms. The van der Waals surface area contributed by atoms with Gasteiger partial charge in [0.15, 0.2) is 0 Å². The van der Waals surface area contributed by atoms with Crippen LogP contribution in [-0.2, 0) is 6.61 Å². The molecule has 0 aliphatic carbocycles. The first-order valence-electron chi connectivity index (χ1n) is 11.7. The standard InChI is InChI=1S/C27H25N5O2.C2H6S/c1-2-30-16-24(18-11-13-31-14-12-18)26(28)19-7-9-21(10-8-19)34-17-20-15-23(27(29)33)22-5-3-4-6-25(22)32-20;1-3-2/h3-16H,2,17,28H2,1H3,(H2,29,33);1-2H3/b26-24+,30-16?;. The van der Waals surface area contributed by atoms with Crippen LogP contribution in [0.5, 0.6) is 5.75 Å². The number of aromatic nitrogens is 2. The summed E-state index contributed by atoms with van der Waals surface area (Å²) in [5.41, 5.74) is 17.0. The fourth-order valence-electron chi connectivity index (χ4n) is 3.57. The maximum absolute atomic E-state index is 11.9.